The Kier molecular flexibility index (Phi) is 5.21. The van der Waals surface area contributed by atoms with Crippen LogP contribution in [0.2, 0.25) is 0 Å². The van der Waals surface area contributed by atoms with E-state index in [1.807, 2.05) is 6.92 Å². The normalized spacial score (nSPS) is 28.2. The Labute approximate surface area is 98.7 Å². The minimum absolute atomic E-state index is 0.0709. The summed E-state index contributed by atoms with van der Waals surface area (Å²) in [4.78, 5) is 0. The van der Waals surface area contributed by atoms with Gasteiger partial charge in [-0.25, -0.2) is 8.42 Å². The largest absolute Gasteiger partial charge is 0.396 e. The molecule has 1 aliphatic rings. The third-order valence-corrected chi connectivity index (χ3v) is 5.52. The number of rotatable bonds is 5. The zero-order valence-electron chi connectivity index (χ0n) is 10.2. The minimum atomic E-state index is -3.12. The fourth-order valence-corrected chi connectivity index (χ4v) is 4.13. The van der Waals surface area contributed by atoms with Crippen molar-refractivity contribution in [2.24, 2.45) is 5.92 Å². The van der Waals surface area contributed by atoms with Gasteiger partial charge in [0.2, 0.25) is 10.0 Å². The number of sulfonamides is 1. The summed E-state index contributed by atoms with van der Waals surface area (Å²) in [6, 6.07) is 0.118. The zero-order chi connectivity index (χ0) is 12.2. The van der Waals surface area contributed by atoms with E-state index in [0.29, 0.717) is 25.3 Å². The van der Waals surface area contributed by atoms with Gasteiger partial charge in [0, 0.05) is 19.2 Å². The van der Waals surface area contributed by atoms with Crippen molar-refractivity contribution in [1.82, 2.24) is 4.31 Å². The molecule has 0 bridgehead atoms. The molecule has 1 N–H and O–H groups in total. The second-order valence-corrected chi connectivity index (χ2v) is 6.76. The average Bonchev–Trinajstić information content (AvgIpc) is 2.22. The molecule has 0 amide bonds. The van der Waals surface area contributed by atoms with Crippen LogP contribution in [0.3, 0.4) is 0 Å². The molecule has 0 spiro atoms. The van der Waals surface area contributed by atoms with E-state index >= 15 is 0 Å². The standard InChI is InChI=1S/C11H23NO3S/c1-10-6-5-7-12(11(10)2)16(14,15)9-4-3-8-13/h10-11,13H,3-9H2,1-2H3. The summed E-state index contributed by atoms with van der Waals surface area (Å²) in [5.41, 5.74) is 0. The Morgan fingerprint density at radius 3 is 2.62 bits per heavy atom. The van der Waals surface area contributed by atoms with E-state index in [1.54, 1.807) is 4.31 Å². The Hall–Kier alpha value is -0.130. The highest BCUT2D eigenvalue weighted by atomic mass is 32.2. The molecule has 0 aromatic rings. The van der Waals surface area contributed by atoms with Gasteiger partial charge in [-0.2, -0.15) is 4.31 Å². The number of nitrogens with zero attached hydrogens (tertiary/aromatic N) is 1. The monoisotopic (exact) mass is 249 g/mol. The molecule has 16 heavy (non-hydrogen) atoms. The van der Waals surface area contributed by atoms with Gasteiger partial charge < -0.3 is 5.11 Å². The molecule has 0 radical (unpaired) electrons. The molecule has 4 nitrogen and oxygen atoms in total. The van der Waals surface area contributed by atoms with Gasteiger partial charge in [0.25, 0.3) is 0 Å². The Morgan fingerprint density at radius 1 is 1.31 bits per heavy atom. The van der Waals surface area contributed by atoms with Crippen LogP contribution in [-0.2, 0) is 10.0 Å². The van der Waals surface area contributed by atoms with Crippen LogP contribution in [0.5, 0.6) is 0 Å². The molecule has 0 aliphatic carbocycles. The predicted octanol–water partition coefficient (Wildman–Crippen LogP) is 1.21. The van der Waals surface area contributed by atoms with Crippen molar-refractivity contribution in [2.45, 2.75) is 45.6 Å². The van der Waals surface area contributed by atoms with E-state index in [2.05, 4.69) is 6.92 Å². The van der Waals surface area contributed by atoms with E-state index in [4.69, 9.17) is 5.11 Å². The maximum absolute atomic E-state index is 12.1. The highest BCUT2D eigenvalue weighted by Gasteiger charge is 2.32. The average molecular weight is 249 g/mol. The maximum Gasteiger partial charge on any atom is 0.214 e. The number of hydrogen-bond donors (Lipinski definition) is 1. The molecule has 2 atom stereocenters. The lowest BCUT2D eigenvalue weighted by molar-refractivity contribution is 0.202. The fraction of sp³-hybridized carbons (Fsp3) is 1.00. The van der Waals surface area contributed by atoms with Crippen molar-refractivity contribution in [3.8, 4) is 0 Å². The van der Waals surface area contributed by atoms with Gasteiger partial charge in [-0.15, -0.1) is 0 Å². The Bertz CT molecular complexity index is 302. The highest BCUT2D eigenvalue weighted by molar-refractivity contribution is 7.89. The quantitative estimate of drug-likeness (QED) is 0.745. The van der Waals surface area contributed by atoms with Crippen molar-refractivity contribution < 1.29 is 13.5 Å². The maximum atomic E-state index is 12.1. The van der Waals surface area contributed by atoms with Crippen molar-refractivity contribution >= 4 is 10.0 Å². The lowest BCUT2D eigenvalue weighted by atomic mass is 9.94. The van der Waals surface area contributed by atoms with Gasteiger partial charge in [-0.05, 0) is 38.5 Å². The van der Waals surface area contributed by atoms with Crippen LogP contribution in [-0.4, -0.2) is 42.8 Å². The predicted molar refractivity (Wildman–Crippen MR) is 64.7 cm³/mol. The number of unbranched alkanes of at least 4 members (excludes halogenated alkanes) is 1. The molecule has 1 saturated heterocycles. The van der Waals surface area contributed by atoms with Crippen LogP contribution in [0.25, 0.3) is 0 Å². The summed E-state index contributed by atoms with van der Waals surface area (Å²) in [6.45, 7) is 4.84. The first-order chi connectivity index (χ1) is 7.49. The zero-order valence-corrected chi connectivity index (χ0v) is 11.0. The molecular weight excluding hydrogens is 226 g/mol. The molecule has 1 rings (SSSR count). The lowest BCUT2D eigenvalue weighted by Gasteiger charge is -2.36. The molecule has 0 aromatic heterocycles. The van der Waals surface area contributed by atoms with Gasteiger partial charge in [-0.3, -0.25) is 0 Å². The SMILES string of the molecule is CC1CCCN(S(=O)(=O)CCCCO)C1C. The molecular formula is C11H23NO3S. The van der Waals surface area contributed by atoms with E-state index in [-0.39, 0.29) is 18.4 Å². The van der Waals surface area contributed by atoms with Crippen LogP contribution in [0.1, 0.15) is 39.5 Å². The first-order valence-electron chi connectivity index (χ1n) is 6.09. The van der Waals surface area contributed by atoms with E-state index in [1.165, 1.54) is 0 Å². The Balaban J connectivity index is 2.59. The Morgan fingerprint density at radius 2 is 2.00 bits per heavy atom. The van der Waals surface area contributed by atoms with Crippen molar-refractivity contribution in [3.63, 3.8) is 0 Å². The number of piperidine rings is 1. The van der Waals surface area contributed by atoms with Gasteiger partial charge in [0.15, 0.2) is 0 Å². The van der Waals surface area contributed by atoms with Crippen LogP contribution >= 0.6 is 0 Å². The first kappa shape index (κ1) is 13.9. The van der Waals surface area contributed by atoms with Gasteiger partial charge >= 0.3 is 0 Å². The summed E-state index contributed by atoms with van der Waals surface area (Å²) in [5, 5.41) is 8.66. The van der Waals surface area contributed by atoms with Crippen LogP contribution in [0, 0.1) is 5.92 Å². The van der Waals surface area contributed by atoms with Crippen LogP contribution in [0.15, 0.2) is 0 Å². The summed E-state index contributed by atoms with van der Waals surface area (Å²) in [6.07, 6.45) is 3.20. The molecule has 1 heterocycles. The summed E-state index contributed by atoms with van der Waals surface area (Å²) in [5.74, 6) is 0.617. The number of aliphatic hydroxyl groups is 1. The van der Waals surface area contributed by atoms with E-state index in [0.717, 1.165) is 12.8 Å². The second-order valence-electron chi connectivity index (χ2n) is 4.72. The van der Waals surface area contributed by atoms with E-state index in [9.17, 15) is 8.42 Å². The molecule has 2 unspecified atom stereocenters. The second kappa shape index (κ2) is 5.98. The van der Waals surface area contributed by atoms with Crippen molar-refractivity contribution in [2.75, 3.05) is 18.9 Å². The third-order valence-electron chi connectivity index (χ3n) is 3.48. The fourth-order valence-electron chi connectivity index (χ4n) is 2.20. The molecule has 96 valence electrons. The van der Waals surface area contributed by atoms with Crippen molar-refractivity contribution in [1.29, 1.82) is 0 Å². The van der Waals surface area contributed by atoms with Crippen LogP contribution in [0.4, 0.5) is 0 Å². The van der Waals surface area contributed by atoms with E-state index < -0.39 is 10.0 Å². The molecule has 1 aliphatic heterocycles. The lowest BCUT2D eigenvalue weighted by Crippen LogP contribution is -2.46. The summed E-state index contributed by atoms with van der Waals surface area (Å²) >= 11 is 0. The highest BCUT2D eigenvalue weighted by Crippen LogP contribution is 2.25. The summed E-state index contributed by atoms with van der Waals surface area (Å²) < 4.78 is 25.8. The molecule has 5 heteroatoms. The third kappa shape index (κ3) is 3.43. The smallest absolute Gasteiger partial charge is 0.214 e. The minimum Gasteiger partial charge on any atom is -0.396 e. The van der Waals surface area contributed by atoms with Crippen molar-refractivity contribution in [3.05, 3.63) is 0 Å². The topological polar surface area (TPSA) is 57.6 Å². The van der Waals surface area contributed by atoms with Gasteiger partial charge in [0.1, 0.15) is 0 Å². The van der Waals surface area contributed by atoms with Gasteiger partial charge in [-0.1, -0.05) is 6.92 Å². The number of hydrogen-bond acceptors (Lipinski definition) is 3. The van der Waals surface area contributed by atoms with Crippen LogP contribution < -0.4 is 0 Å². The van der Waals surface area contributed by atoms with Gasteiger partial charge in [0.05, 0.1) is 5.75 Å². The summed E-state index contributed by atoms with van der Waals surface area (Å²) in [7, 11) is -3.12. The molecule has 1 fully saturated rings. The molecule has 0 saturated carbocycles. The molecule has 0 aromatic carbocycles. The number of aliphatic hydroxyl groups excluding tert-OH is 1. The first-order valence-corrected chi connectivity index (χ1v) is 7.70.